The number of hydrogen-bond acceptors (Lipinski definition) is 2. The zero-order chi connectivity index (χ0) is 10.7. The van der Waals surface area contributed by atoms with Gasteiger partial charge in [0.1, 0.15) is 5.78 Å². The lowest BCUT2D eigenvalue weighted by atomic mass is 9.92. The van der Waals surface area contributed by atoms with Gasteiger partial charge in [-0.25, -0.2) is 0 Å². The zero-order valence-electron chi connectivity index (χ0n) is 9.76. The van der Waals surface area contributed by atoms with Crippen molar-refractivity contribution in [3.63, 3.8) is 0 Å². The van der Waals surface area contributed by atoms with E-state index in [2.05, 4.69) is 6.92 Å². The van der Waals surface area contributed by atoms with Gasteiger partial charge in [-0.2, -0.15) is 0 Å². The van der Waals surface area contributed by atoms with E-state index in [9.17, 15) is 4.79 Å². The molecule has 0 aromatic rings. The van der Waals surface area contributed by atoms with Crippen LogP contribution in [0.4, 0.5) is 0 Å². The van der Waals surface area contributed by atoms with E-state index in [0.29, 0.717) is 5.78 Å². The Hall–Kier alpha value is 0.0200. The maximum Gasteiger partial charge on any atom is 0.148 e. The molecule has 2 rings (SSSR count). The van der Waals surface area contributed by atoms with Crippen LogP contribution < -0.4 is 0 Å². The molecular formula is C13H22OS. The zero-order valence-corrected chi connectivity index (χ0v) is 10.6. The Balaban J connectivity index is 1.76. The summed E-state index contributed by atoms with van der Waals surface area (Å²) in [5.74, 6) is 2.58. The third-order valence-electron chi connectivity index (χ3n) is 4.06. The molecule has 86 valence electrons. The summed E-state index contributed by atoms with van der Waals surface area (Å²) in [6, 6.07) is 0. The molecule has 1 aliphatic carbocycles. The SMILES string of the molecule is CC1(C(=O)CCC2CCCC2)CCCS1. The van der Waals surface area contributed by atoms with Crippen LogP contribution in [0, 0.1) is 5.92 Å². The molecular weight excluding hydrogens is 204 g/mol. The Morgan fingerprint density at radius 3 is 2.67 bits per heavy atom. The van der Waals surface area contributed by atoms with Gasteiger partial charge in [-0.05, 0) is 37.9 Å². The average molecular weight is 226 g/mol. The van der Waals surface area contributed by atoms with Crippen molar-refractivity contribution >= 4 is 17.5 Å². The number of carbonyl (C=O) groups excluding carboxylic acids is 1. The van der Waals surface area contributed by atoms with E-state index in [0.717, 1.165) is 25.2 Å². The molecule has 0 radical (unpaired) electrons. The van der Waals surface area contributed by atoms with Gasteiger partial charge >= 0.3 is 0 Å². The van der Waals surface area contributed by atoms with Crippen LogP contribution in [0.2, 0.25) is 0 Å². The Morgan fingerprint density at radius 2 is 2.07 bits per heavy atom. The molecule has 1 heterocycles. The van der Waals surface area contributed by atoms with Crippen LogP contribution in [0.15, 0.2) is 0 Å². The predicted octanol–water partition coefficient (Wildman–Crippen LogP) is 3.81. The van der Waals surface area contributed by atoms with Crippen molar-refractivity contribution in [3.05, 3.63) is 0 Å². The Kier molecular flexibility index (Phi) is 3.76. The Bertz CT molecular complexity index is 225. The highest BCUT2D eigenvalue weighted by Crippen LogP contribution is 2.40. The maximum atomic E-state index is 12.1. The van der Waals surface area contributed by atoms with Crippen LogP contribution in [0.25, 0.3) is 0 Å². The molecule has 2 fully saturated rings. The van der Waals surface area contributed by atoms with Gasteiger partial charge in [0.2, 0.25) is 0 Å². The molecule has 1 saturated heterocycles. The minimum absolute atomic E-state index is 0.0153. The molecule has 0 N–H and O–H groups in total. The van der Waals surface area contributed by atoms with Crippen LogP contribution in [0.3, 0.4) is 0 Å². The fraction of sp³-hybridized carbons (Fsp3) is 0.923. The van der Waals surface area contributed by atoms with Gasteiger partial charge in [0.25, 0.3) is 0 Å². The predicted molar refractivity (Wildman–Crippen MR) is 66.3 cm³/mol. The van der Waals surface area contributed by atoms with E-state index in [-0.39, 0.29) is 4.75 Å². The summed E-state index contributed by atoms with van der Waals surface area (Å²) >= 11 is 1.89. The standard InChI is InChI=1S/C13H22OS/c1-13(9-4-10-15-13)12(14)8-7-11-5-2-3-6-11/h11H,2-10H2,1H3. The molecule has 0 bridgehead atoms. The number of carbonyl (C=O) groups is 1. The van der Waals surface area contributed by atoms with Gasteiger partial charge in [0.15, 0.2) is 0 Å². The lowest BCUT2D eigenvalue weighted by Crippen LogP contribution is -2.28. The number of ketones is 1. The highest BCUT2D eigenvalue weighted by Gasteiger charge is 2.36. The molecule has 0 amide bonds. The summed E-state index contributed by atoms with van der Waals surface area (Å²) in [6.45, 7) is 2.15. The van der Waals surface area contributed by atoms with Crippen LogP contribution >= 0.6 is 11.8 Å². The minimum atomic E-state index is -0.0153. The van der Waals surface area contributed by atoms with Crippen molar-refractivity contribution in [3.8, 4) is 0 Å². The molecule has 2 heteroatoms. The van der Waals surface area contributed by atoms with Crippen LogP contribution in [0.5, 0.6) is 0 Å². The molecule has 1 unspecified atom stereocenters. The lowest BCUT2D eigenvalue weighted by molar-refractivity contribution is -0.121. The lowest BCUT2D eigenvalue weighted by Gasteiger charge is -2.21. The number of Topliss-reactive ketones (excluding diaryl/α,β-unsaturated/α-hetero) is 1. The third kappa shape index (κ3) is 2.77. The topological polar surface area (TPSA) is 17.1 Å². The molecule has 1 atom stereocenters. The van der Waals surface area contributed by atoms with Crippen molar-refractivity contribution in [2.24, 2.45) is 5.92 Å². The van der Waals surface area contributed by atoms with Crippen LogP contribution in [0.1, 0.15) is 58.3 Å². The van der Waals surface area contributed by atoms with Gasteiger partial charge in [-0.1, -0.05) is 25.7 Å². The Labute approximate surface area is 97.4 Å². The first kappa shape index (κ1) is 11.5. The summed E-state index contributed by atoms with van der Waals surface area (Å²) in [4.78, 5) is 12.1. The summed E-state index contributed by atoms with van der Waals surface area (Å²) in [6.07, 6.45) is 9.88. The van der Waals surface area contributed by atoms with E-state index < -0.39 is 0 Å². The van der Waals surface area contributed by atoms with Crippen LogP contribution in [-0.4, -0.2) is 16.3 Å². The Morgan fingerprint density at radius 1 is 1.33 bits per heavy atom. The fourth-order valence-corrected chi connectivity index (χ4v) is 4.19. The van der Waals surface area contributed by atoms with Crippen molar-refractivity contribution in [2.75, 3.05) is 5.75 Å². The summed E-state index contributed by atoms with van der Waals surface area (Å²) in [7, 11) is 0. The molecule has 1 saturated carbocycles. The number of hydrogen-bond donors (Lipinski definition) is 0. The highest BCUT2D eigenvalue weighted by atomic mass is 32.2. The van der Waals surface area contributed by atoms with Gasteiger partial charge < -0.3 is 0 Å². The quantitative estimate of drug-likeness (QED) is 0.725. The van der Waals surface area contributed by atoms with Gasteiger partial charge in [0, 0.05) is 6.42 Å². The first-order chi connectivity index (χ1) is 7.21. The smallest absolute Gasteiger partial charge is 0.148 e. The molecule has 1 aliphatic heterocycles. The molecule has 0 aromatic heterocycles. The summed E-state index contributed by atoms with van der Waals surface area (Å²) in [5.41, 5.74) is 0. The van der Waals surface area contributed by atoms with E-state index in [1.165, 1.54) is 37.9 Å². The maximum absolute atomic E-state index is 12.1. The second-order valence-electron chi connectivity index (χ2n) is 5.30. The van der Waals surface area contributed by atoms with Gasteiger partial charge in [-0.3, -0.25) is 4.79 Å². The monoisotopic (exact) mass is 226 g/mol. The molecule has 0 aromatic carbocycles. The van der Waals surface area contributed by atoms with E-state index in [4.69, 9.17) is 0 Å². The van der Waals surface area contributed by atoms with Crippen molar-refractivity contribution in [1.82, 2.24) is 0 Å². The third-order valence-corrected chi connectivity index (χ3v) is 5.62. The molecule has 1 nitrogen and oxygen atoms in total. The second-order valence-corrected chi connectivity index (χ2v) is 6.89. The number of thioether (sulfide) groups is 1. The molecule has 0 spiro atoms. The van der Waals surface area contributed by atoms with Crippen LogP contribution in [-0.2, 0) is 4.79 Å². The van der Waals surface area contributed by atoms with Crippen molar-refractivity contribution in [1.29, 1.82) is 0 Å². The van der Waals surface area contributed by atoms with Crippen molar-refractivity contribution < 1.29 is 4.79 Å². The normalized spacial score (nSPS) is 32.3. The largest absolute Gasteiger partial charge is 0.298 e. The molecule has 2 aliphatic rings. The fourth-order valence-electron chi connectivity index (χ4n) is 2.90. The number of rotatable bonds is 4. The van der Waals surface area contributed by atoms with Gasteiger partial charge in [-0.15, -0.1) is 11.8 Å². The first-order valence-corrected chi connectivity index (χ1v) is 7.36. The summed E-state index contributed by atoms with van der Waals surface area (Å²) < 4.78 is -0.0153. The average Bonchev–Trinajstić information content (AvgIpc) is 2.85. The first-order valence-electron chi connectivity index (χ1n) is 6.38. The van der Waals surface area contributed by atoms with Crippen molar-refractivity contribution in [2.45, 2.75) is 63.0 Å². The van der Waals surface area contributed by atoms with E-state index >= 15 is 0 Å². The van der Waals surface area contributed by atoms with E-state index in [1.54, 1.807) is 0 Å². The highest BCUT2D eigenvalue weighted by molar-refractivity contribution is 8.01. The van der Waals surface area contributed by atoms with E-state index in [1.807, 2.05) is 11.8 Å². The molecule has 15 heavy (non-hydrogen) atoms. The minimum Gasteiger partial charge on any atom is -0.298 e. The van der Waals surface area contributed by atoms with Gasteiger partial charge in [0.05, 0.1) is 4.75 Å². The summed E-state index contributed by atoms with van der Waals surface area (Å²) in [5, 5.41) is 0. The second kappa shape index (κ2) is 4.90.